The zero-order valence-electron chi connectivity index (χ0n) is 11.5. The van der Waals surface area contributed by atoms with Crippen LogP contribution in [0.2, 0.25) is 0 Å². The van der Waals surface area contributed by atoms with E-state index in [4.69, 9.17) is 0 Å². The van der Waals surface area contributed by atoms with Gasteiger partial charge in [0.1, 0.15) is 0 Å². The maximum atomic E-state index is 10.9. The first-order valence-electron chi connectivity index (χ1n) is 6.23. The Morgan fingerprint density at radius 3 is 2.39 bits per heavy atom. The predicted octanol–water partition coefficient (Wildman–Crippen LogP) is 3.12. The largest absolute Gasteiger partial charge is 0.326 e. The fraction of sp³-hybridized carbons (Fsp3) is 0.500. The lowest BCUT2D eigenvalue weighted by Gasteiger charge is -2.16. The van der Waals surface area contributed by atoms with Gasteiger partial charge in [0.25, 0.3) is 0 Å². The monoisotopic (exact) mass is 266 g/mol. The highest BCUT2D eigenvalue weighted by Crippen LogP contribution is 2.27. The standard InChI is InChI=1S/C14H22N2OS/c1-10(15-4)9-11(2)18-14-7-5-13(6-8-14)16-12(3)17/h5-8,10-11,15H,9H2,1-4H3,(H,16,17). The summed E-state index contributed by atoms with van der Waals surface area (Å²) in [6, 6.07) is 8.52. The summed E-state index contributed by atoms with van der Waals surface area (Å²) in [5.74, 6) is -0.0355. The van der Waals surface area contributed by atoms with E-state index in [1.165, 1.54) is 11.8 Å². The van der Waals surface area contributed by atoms with Gasteiger partial charge >= 0.3 is 0 Å². The Labute approximate surface area is 114 Å². The van der Waals surface area contributed by atoms with Crippen LogP contribution in [0.4, 0.5) is 5.69 Å². The molecule has 0 saturated carbocycles. The highest BCUT2D eigenvalue weighted by atomic mass is 32.2. The van der Waals surface area contributed by atoms with E-state index in [1.807, 2.05) is 30.9 Å². The fourth-order valence-electron chi connectivity index (χ4n) is 1.72. The lowest BCUT2D eigenvalue weighted by Crippen LogP contribution is -2.24. The number of hydrogen-bond acceptors (Lipinski definition) is 3. The van der Waals surface area contributed by atoms with Crippen molar-refractivity contribution in [1.82, 2.24) is 5.32 Å². The molecular formula is C14H22N2OS. The summed E-state index contributed by atoms with van der Waals surface area (Å²) < 4.78 is 0. The number of anilines is 1. The van der Waals surface area contributed by atoms with Crippen LogP contribution in [0.1, 0.15) is 27.2 Å². The summed E-state index contributed by atoms with van der Waals surface area (Å²) in [6.07, 6.45) is 1.13. The zero-order chi connectivity index (χ0) is 13.5. The molecule has 0 aliphatic carbocycles. The van der Waals surface area contributed by atoms with Crippen molar-refractivity contribution in [3.63, 3.8) is 0 Å². The van der Waals surface area contributed by atoms with E-state index in [-0.39, 0.29) is 5.91 Å². The van der Waals surface area contributed by atoms with Crippen molar-refractivity contribution in [2.24, 2.45) is 0 Å². The molecule has 0 spiro atoms. The number of carbonyl (C=O) groups excluding carboxylic acids is 1. The van der Waals surface area contributed by atoms with Crippen molar-refractivity contribution in [2.75, 3.05) is 12.4 Å². The van der Waals surface area contributed by atoms with Crippen molar-refractivity contribution >= 4 is 23.4 Å². The van der Waals surface area contributed by atoms with Crippen LogP contribution in [0.3, 0.4) is 0 Å². The summed E-state index contributed by atoms with van der Waals surface area (Å²) >= 11 is 1.86. The van der Waals surface area contributed by atoms with E-state index in [2.05, 4.69) is 36.6 Å². The smallest absolute Gasteiger partial charge is 0.221 e. The molecule has 0 heterocycles. The molecule has 0 fully saturated rings. The van der Waals surface area contributed by atoms with Gasteiger partial charge in [-0.1, -0.05) is 6.92 Å². The maximum Gasteiger partial charge on any atom is 0.221 e. The van der Waals surface area contributed by atoms with Crippen LogP contribution >= 0.6 is 11.8 Å². The predicted molar refractivity (Wildman–Crippen MR) is 79.2 cm³/mol. The van der Waals surface area contributed by atoms with Crippen LogP contribution in [0.15, 0.2) is 29.2 Å². The van der Waals surface area contributed by atoms with Gasteiger partial charge in [0.05, 0.1) is 0 Å². The summed E-state index contributed by atoms with van der Waals surface area (Å²) in [5, 5.41) is 6.59. The number of thioether (sulfide) groups is 1. The third-order valence-corrected chi connectivity index (χ3v) is 3.83. The van der Waals surface area contributed by atoms with Crippen LogP contribution in [0, 0.1) is 0 Å². The van der Waals surface area contributed by atoms with E-state index in [0.717, 1.165) is 12.1 Å². The second kappa shape index (κ2) is 7.44. The van der Waals surface area contributed by atoms with Crippen LogP contribution in [0.5, 0.6) is 0 Å². The van der Waals surface area contributed by atoms with Gasteiger partial charge in [0.15, 0.2) is 0 Å². The summed E-state index contributed by atoms with van der Waals surface area (Å²) in [7, 11) is 1.99. The van der Waals surface area contributed by atoms with Crippen molar-refractivity contribution in [1.29, 1.82) is 0 Å². The molecule has 1 aromatic carbocycles. The van der Waals surface area contributed by atoms with Crippen molar-refractivity contribution in [3.8, 4) is 0 Å². The maximum absolute atomic E-state index is 10.9. The van der Waals surface area contributed by atoms with Gasteiger partial charge in [-0.3, -0.25) is 4.79 Å². The van der Waals surface area contributed by atoms with Crippen molar-refractivity contribution in [2.45, 2.75) is 43.4 Å². The minimum atomic E-state index is -0.0355. The topological polar surface area (TPSA) is 41.1 Å². The van der Waals surface area contributed by atoms with Gasteiger partial charge < -0.3 is 10.6 Å². The molecule has 100 valence electrons. The van der Waals surface area contributed by atoms with Gasteiger partial charge in [-0.15, -0.1) is 11.8 Å². The number of nitrogens with one attached hydrogen (secondary N) is 2. The second-order valence-corrected chi connectivity index (χ2v) is 6.07. The molecule has 0 aliphatic heterocycles. The van der Waals surface area contributed by atoms with E-state index in [9.17, 15) is 4.79 Å². The number of rotatable bonds is 6. The molecule has 4 heteroatoms. The van der Waals surface area contributed by atoms with Crippen LogP contribution in [-0.2, 0) is 4.79 Å². The molecular weight excluding hydrogens is 244 g/mol. The Bertz CT molecular complexity index is 378. The molecule has 0 bridgehead atoms. The Kier molecular flexibility index (Phi) is 6.22. The number of amides is 1. The Hall–Kier alpha value is -1.00. The van der Waals surface area contributed by atoms with Gasteiger partial charge in [-0.2, -0.15) is 0 Å². The molecule has 1 aromatic rings. The Morgan fingerprint density at radius 1 is 1.28 bits per heavy atom. The molecule has 2 unspecified atom stereocenters. The molecule has 3 nitrogen and oxygen atoms in total. The highest BCUT2D eigenvalue weighted by Gasteiger charge is 2.08. The Morgan fingerprint density at radius 2 is 1.89 bits per heavy atom. The zero-order valence-corrected chi connectivity index (χ0v) is 12.3. The van der Waals surface area contributed by atoms with Crippen molar-refractivity contribution < 1.29 is 4.79 Å². The molecule has 2 N–H and O–H groups in total. The molecule has 2 atom stereocenters. The van der Waals surface area contributed by atoms with Gasteiger partial charge in [-0.25, -0.2) is 0 Å². The summed E-state index contributed by atoms with van der Waals surface area (Å²) in [4.78, 5) is 12.1. The van der Waals surface area contributed by atoms with Crippen LogP contribution < -0.4 is 10.6 Å². The van der Waals surface area contributed by atoms with Gasteiger partial charge in [0, 0.05) is 28.8 Å². The third-order valence-electron chi connectivity index (χ3n) is 2.69. The second-order valence-electron chi connectivity index (χ2n) is 4.56. The first-order valence-corrected chi connectivity index (χ1v) is 7.10. The molecule has 0 aromatic heterocycles. The van der Waals surface area contributed by atoms with Crippen LogP contribution in [-0.4, -0.2) is 24.2 Å². The molecule has 0 saturated heterocycles. The fourth-order valence-corrected chi connectivity index (χ4v) is 2.86. The Balaban J connectivity index is 2.50. The van der Waals surface area contributed by atoms with E-state index >= 15 is 0 Å². The quantitative estimate of drug-likeness (QED) is 0.777. The molecule has 0 radical (unpaired) electrons. The van der Waals surface area contributed by atoms with E-state index < -0.39 is 0 Å². The number of carbonyl (C=O) groups is 1. The lowest BCUT2D eigenvalue weighted by molar-refractivity contribution is -0.114. The summed E-state index contributed by atoms with van der Waals surface area (Å²) in [5.41, 5.74) is 0.850. The van der Waals surface area contributed by atoms with Gasteiger partial charge in [0.2, 0.25) is 5.91 Å². The third kappa shape index (κ3) is 5.56. The van der Waals surface area contributed by atoms with Crippen LogP contribution in [0.25, 0.3) is 0 Å². The lowest BCUT2D eigenvalue weighted by atomic mass is 10.2. The average molecular weight is 266 g/mol. The number of hydrogen-bond donors (Lipinski definition) is 2. The number of benzene rings is 1. The molecule has 0 aliphatic rings. The van der Waals surface area contributed by atoms with Gasteiger partial charge in [-0.05, 0) is 44.7 Å². The normalized spacial score (nSPS) is 14.0. The summed E-state index contributed by atoms with van der Waals surface area (Å²) in [6.45, 7) is 5.95. The van der Waals surface area contributed by atoms with Crippen molar-refractivity contribution in [3.05, 3.63) is 24.3 Å². The minimum absolute atomic E-state index is 0.0355. The minimum Gasteiger partial charge on any atom is -0.326 e. The van der Waals surface area contributed by atoms with E-state index in [0.29, 0.717) is 11.3 Å². The SMILES string of the molecule is CNC(C)CC(C)Sc1ccc(NC(C)=O)cc1. The van der Waals surface area contributed by atoms with E-state index in [1.54, 1.807) is 0 Å². The molecule has 1 rings (SSSR count). The first kappa shape index (κ1) is 15.1. The average Bonchev–Trinajstić information content (AvgIpc) is 2.30. The highest BCUT2D eigenvalue weighted by molar-refractivity contribution is 7.99. The first-order chi connectivity index (χ1) is 8.51. The molecule has 1 amide bonds. The molecule has 18 heavy (non-hydrogen) atoms.